The highest BCUT2D eigenvalue weighted by molar-refractivity contribution is 5.84. The van der Waals surface area contributed by atoms with Crippen molar-refractivity contribution in [3.05, 3.63) is 53.1 Å². The van der Waals surface area contributed by atoms with E-state index in [9.17, 15) is 22.8 Å². The van der Waals surface area contributed by atoms with Gasteiger partial charge in [-0.1, -0.05) is 30.3 Å². The smallest absolute Gasteiger partial charge is 0.416 e. The van der Waals surface area contributed by atoms with Crippen molar-refractivity contribution in [2.45, 2.75) is 13.1 Å². The van der Waals surface area contributed by atoms with Gasteiger partial charge in [-0.15, -0.1) is 0 Å². The second-order valence-corrected chi connectivity index (χ2v) is 3.97. The van der Waals surface area contributed by atoms with Gasteiger partial charge in [0.05, 0.1) is 12.2 Å². The molecule has 0 atom stereocenters. The predicted octanol–water partition coefficient (Wildman–Crippen LogP) is 3.56. The number of allylic oxidation sites excluding steroid dienone is 2. The molecule has 0 spiro atoms. The van der Waals surface area contributed by atoms with Crippen molar-refractivity contribution in [1.29, 1.82) is 0 Å². The van der Waals surface area contributed by atoms with Crippen LogP contribution in [0.4, 0.5) is 13.2 Å². The van der Waals surface area contributed by atoms with Gasteiger partial charge in [-0.3, -0.25) is 4.79 Å². The Balaban J connectivity index is 2.97. The monoisotopic (exact) mass is 298 g/mol. The highest BCUT2D eigenvalue weighted by Gasteiger charge is 2.32. The third-order valence-electron chi connectivity index (χ3n) is 2.42. The Hall–Kier alpha value is -2.37. The summed E-state index contributed by atoms with van der Waals surface area (Å²) in [5.41, 5.74) is -0.217. The minimum absolute atomic E-state index is 0.00264. The van der Waals surface area contributed by atoms with Crippen LogP contribution in [0.15, 0.2) is 42.0 Å². The maximum atomic E-state index is 12.8. The van der Waals surface area contributed by atoms with Crippen molar-refractivity contribution in [2.75, 3.05) is 6.61 Å². The zero-order chi connectivity index (χ0) is 15.9. The van der Waals surface area contributed by atoms with Crippen molar-refractivity contribution in [2.24, 2.45) is 0 Å². The van der Waals surface area contributed by atoms with Crippen LogP contribution in [-0.2, 0) is 9.53 Å². The summed E-state index contributed by atoms with van der Waals surface area (Å²) in [4.78, 5) is 21.6. The summed E-state index contributed by atoms with van der Waals surface area (Å²) >= 11 is 0. The van der Waals surface area contributed by atoms with E-state index in [4.69, 9.17) is 0 Å². The van der Waals surface area contributed by atoms with Gasteiger partial charge in [0.25, 0.3) is 0 Å². The van der Waals surface area contributed by atoms with E-state index in [1.807, 2.05) is 0 Å². The molecule has 1 rings (SSSR count). The van der Waals surface area contributed by atoms with Gasteiger partial charge < -0.3 is 4.74 Å². The van der Waals surface area contributed by atoms with Gasteiger partial charge in [0.1, 0.15) is 6.29 Å². The van der Waals surface area contributed by atoms with Crippen LogP contribution < -0.4 is 0 Å². The first-order chi connectivity index (χ1) is 9.86. The Kier molecular flexibility index (Phi) is 5.90. The Bertz CT molecular complexity index is 555. The fourth-order valence-electron chi connectivity index (χ4n) is 1.41. The number of carbonyl (C=O) groups excluding carboxylic acids is 2. The van der Waals surface area contributed by atoms with Crippen molar-refractivity contribution < 1.29 is 27.5 Å². The molecule has 0 aromatic heterocycles. The summed E-state index contributed by atoms with van der Waals surface area (Å²) in [6, 6.07) is 5.96. The van der Waals surface area contributed by atoms with Crippen molar-refractivity contribution >= 4 is 18.3 Å². The fraction of sp³-hybridized carbons (Fsp3) is 0.200. The SMILES string of the molecule is CCOC(=O)/C=C(\C=C\c1ccc(C=O)cc1)C(F)(F)F. The molecule has 112 valence electrons. The lowest BCUT2D eigenvalue weighted by Gasteiger charge is -2.07. The lowest BCUT2D eigenvalue weighted by Crippen LogP contribution is -2.13. The molecule has 0 unspecified atom stereocenters. The number of esters is 1. The average molecular weight is 298 g/mol. The molecule has 0 bridgehead atoms. The van der Waals surface area contributed by atoms with Crippen LogP contribution in [0.2, 0.25) is 0 Å². The molecule has 0 aliphatic heterocycles. The summed E-state index contributed by atoms with van der Waals surface area (Å²) in [5, 5.41) is 0. The first kappa shape index (κ1) is 16.7. The van der Waals surface area contributed by atoms with Gasteiger partial charge >= 0.3 is 12.1 Å². The molecule has 6 heteroatoms. The quantitative estimate of drug-likeness (QED) is 0.361. The maximum absolute atomic E-state index is 12.8. The van der Waals surface area contributed by atoms with Crippen LogP contribution in [0.25, 0.3) is 6.08 Å². The summed E-state index contributed by atoms with van der Waals surface area (Å²) in [6.45, 7) is 1.50. The number of carbonyl (C=O) groups is 2. The lowest BCUT2D eigenvalue weighted by molar-refractivity contribution is -0.138. The van der Waals surface area contributed by atoms with E-state index >= 15 is 0 Å². The van der Waals surface area contributed by atoms with Gasteiger partial charge in [-0.2, -0.15) is 13.2 Å². The summed E-state index contributed by atoms with van der Waals surface area (Å²) in [7, 11) is 0. The Morgan fingerprint density at radius 2 is 1.76 bits per heavy atom. The number of aldehydes is 1. The summed E-state index contributed by atoms with van der Waals surface area (Å²) in [5.74, 6) is -1.05. The molecule has 0 heterocycles. The number of benzene rings is 1. The van der Waals surface area contributed by atoms with Crippen molar-refractivity contribution in [3.8, 4) is 0 Å². The van der Waals surface area contributed by atoms with Gasteiger partial charge in [-0.25, -0.2) is 4.79 Å². The number of hydrogen-bond donors (Lipinski definition) is 0. The average Bonchev–Trinajstić information content (AvgIpc) is 2.43. The Morgan fingerprint density at radius 1 is 1.19 bits per heavy atom. The third-order valence-corrected chi connectivity index (χ3v) is 2.42. The lowest BCUT2D eigenvalue weighted by atomic mass is 10.1. The first-order valence-electron chi connectivity index (χ1n) is 6.05. The molecule has 0 aliphatic rings. The van der Waals surface area contributed by atoms with E-state index < -0.39 is 17.7 Å². The zero-order valence-corrected chi connectivity index (χ0v) is 11.2. The third kappa shape index (κ3) is 5.64. The molecular weight excluding hydrogens is 285 g/mol. The molecule has 1 aromatic rings. The molecule has 0 saturated carbocycles. The normalized spacial score (nSPS) is 12.5. The van der Waals surface area contributed by atoms with E-state index in [0.717, 1.165) is 6.08 Å². The number of rotatable bonds is 5. The van der Waals surface area contributed by atoms with Gasteiger partial charge in [-0.05, 0) is 18.6 Å². The zero-order valence-electron chi connectivity index (χ0n) is 11.2. The number of hydrogen-bond acceptors (Lipinski definition) is 3. The fourth-order valence-corrected chi connectivity index (χ4v) is 1.41. The van der Waals surface area contributed by atoms with Crippen LogP contribution in [0.1, 0.15) is 22.8 Å². The minimum Gasteiger partial charge on any atom is -0.463 e. The number of ether oxygens (including phenoxy) is 1. The van der Waals surface area contributed by atoms with E-state index in [2.05, 4.69) is 4.74 Å². The van der Waals surface area contributed by atoms with Crippen LogP contribution >= 0.6 is 0 Å². The highest BCUT2D eigenvalue weighted by atomic mass is 19.4. The highest BCUT2D eigenvalue weighted by Crippen LogP contribution is 2.27. The first-order valence-corrected chi connectivity index (χ1v) is 6.05. The topological polar surface area (TPSA) is 43.4 Å². The number of halogens is 3. The predicted molar refractivity (Wildman–Crippen MR) is 71.6 cm³/mol. The molecule has 21 heavy (non-hydrogen) atoms. The molecule has 0 aliphatic carbocycles. The molecule has 0 amide bonds. The van der Waals surface area contributed by atoms with Gasteiger partial charge in [0, 0.05) is 11.6 Å². The standard InChI is InChI=1S/C15H13F3O3/c1-2-21-14(20)9-13(15(16,17)18)8-7-11-3-5-12(10-19)6-4-11/h3-10H,2H2,1H3/b8-7+,13-9+. The van der Waals surface area contributed by atoms with Crippen LogP contribution in [0.5, 0.6) is 0 Å². The Labute approximate surface area is 119 Å². The van der Waals surface area contributed by atoms with E-state index in [0.29, 0.717) is 23.5 Å². The van der Waals surface area contributed by atoms with E-state index in [1.54, 1.807) is 0 Å². The van der Waals surface area contributed by atoms with E-state index in [1.165, 1.54) is 37.3 Å². The van der Waals surface area contributed by atoms with Crippen LogP contribution in [0, 0.1) is 0 Å². The molecule has 0 saturated heterocycles. The van der Waals surface area contributed by atoms with Crippen LogP contribution in [0.3, 0.4) is 0 Å². The second kappa shape index (κ2) is 7.42. The van der Waals surface area contributed by atoms with Gasteiger partial charge in [0.15, 0.2) is 0 Å². The Morgan fingerprint density at radius 3 is 2.24 bits per heavy atom. The van der Waals surface area contributed by atoms with Crippen LogP contribution in [-0.4, -0.2) is 25.0 Å². The summed E-state index contributed by atoms with van der Waals surface area (Å²) < 4.78 is 42.8. The molecular formula is C15H13F3O3. The molecule has 0 radical (unpaired) electrons. The maximum Gasteiger partial charge on any atom is 0.416 e. The van der Waals surface area contributed by atoms with E-state index in [-0.39, 0.29) is 6.61 Å². The van der Waals surface area contributed by atoms with Crippen molar-refractivity contribution in [3.63, 3.8) is 0 Å². The minimum atomic E-state index is -4.66. The van der Waals surface area contributed by atoms with Crippen molar-refractivity contribution in [1.82, 2.24) is 0 Å². The molecule has 0 N–H and O–H groups in total. The molecule has 3 nitrogen and oxygen atoms in total. The summed E-state index contributed by atoms with van der Waals surface area (Å²) in [6.07, 6.45) is -1.64. The molecule has 1 aromatic carbocycles. The largest absolute Gasteiger partial charge is 0.463 e. The number of alkyl halides is 3. The second-order valence-electron chi connectivity index (χ2n) is 3.97. The molecule has 0 fully saturated rings. The van der Waals surface area contributed by atoms with Gasteiger partial charge in [0.2, 0.25) is 0 Å².